The van der Waals surface area contributed by atoms with Crippen LogP contribution in [0.3, 0.4) is 0 Å². The molecule has 0 heterocycles. The molecule has 0 bridgehead atoms. The standard InChI is InChI=1S/C12H14ClNO2/c1-2-14(8-3-4-8)12(16)10-7-9(15)5-6-11(10)13/h5-8,15H,2-4H2,1H3. The highest BCUT2D eigenvalue weighted by Gasteiger charge is 2.32. The molecule has 0 atom stereocenters. The minimum Gasteiger partial charge on any atom is -0.508 e. The number of nitrogens with zero attached hydrogens (tertiary/aromatic N) is 1. The van der Waals surface area contributed by atoms with Gasteiger partial charge in [0.2, 0.25) is 0 Å². The fourth-order valence-corrected chi connectivity index (χ4v) is 1.98. The van der Waals surface area contributed by atoms with Crippen LogP contribution in [0.5, 0.6) is 5.75 Å². The van der Waals surface area contributed by atoms with Crippen LogP contribution < -0.4 is 0 Å². The number of phenols is 1. The summed E-state index contributed by atoms with van der Waals surface area (Å²) in [5, 5.41) is 9.76. The number of carbonyl (C=O) groups excluding carboxylic acids is 1. The van der Waals surface area contributed by atoms with E-state index in [4.69, 9.17) is 11.6 Å². The second kappa shape index (κ2) is 4.34. The summed E-state index contributed by atoms with van der Waals surface area (Å²) in [6.45, 7) is 2.63. The van der Waals surface area contributed by atoms with Gasteiger partial charge in [0.1, 0.15) is 5.75 Å². The van der Waals surface area contributed by atoms with Crippen LogP contribution in [-0.2, 0) is 0 Å². The zero-order valence-electron chi connectivity index (χ0n) is 9.11. The van der Waals surface area contributed by atoms with Crippen LogP contribution in [0, 0.1) is 0 Å². The molecule has 1 aromatic carbocycles. The first-order valence-corrected chi connectivity index (χ1v) is 5.80. The van der Waals surface area contributed by atoms with E-state index in [1.165, 1.54) is 12.1 Å². The molecule has 16 heavy (non-hydrogen) atoms. The van der Waals surface area contributed by atoms with E-state index in [-0.39, 0.29) is 11.7 Å². The predicted molar refractivity (Wildman–Crippen MR) is 62.8 cm³/mol. The van der Waals surface area contributed by atoms with Crippen LogP contribution in [0.4, 0.5) is 0 Å². The van der Waals surface area contributed by atoms with Crippen LogP contribution >= 0.6 is 11.6 Å². The lowest BCUT2D eigenvalue weighted by atomic mass is 10.2. The van der Waals surface area contributed by atoms with Gasteiger partial charge in [-0.15, -0.1) is 0 Å². The Bertz CT molecular complexity index is 415. The summed E-state index contributed by atoms with van der Waals surface area (Å²) >= 11 is 5.96. The molecule has 3 nitrogen and oxygen atoms in total. The van der Waals surface area contributed by atoms with Crippen molar-refractivity contribution in [1.82, 2.24) is 4.90 Å². The fourth-order valence-electron chi connectivity index (χ4n) is 1.79. The van der Waals surface area contributed by atoms with Gasteiger partial charge in [0, 0.05) is 12.6 Å². The Labute approximate surface area is 99.6 Å². The molecular formula is C12H14ClNO2. The Hall–Kier alpha value is -1.22. The second-order valence-corrected chi connectivity index (χ2v) is 4.39. The van der Waals surface area contributed by atoms with Crippen molar-refractivity contribution in [2.75, 3.05) is 6.54 Å². The molecule has 1 N–H and O–H groups in total. The summed E-state index contributed by atoms with van der Waals surface area (Å²) in [7, 11) is 0. The molecule has 1 aliphatic carbocycles. The average molecular weight is 240 g/mol. The maximum absolute atomic E-state index is 12.2. The molecule has 0 aliphatic heterocycles. The number of rotatable bonds is 3. The Morgan fingerprint density at radius 1 is 1.56 bits per heavy atom. The summed E-state index contributed by atoms with van der Waals surface area (Å²) in [5.41, 5.74) is 0.385. The van der Waals surface area contributed by atoms with Gasteiger partial charge in [-0.25, -0.2) is 0 Å². The van der Waals surface area contributed by atoms with Crippen molar-refractivity contribution < 1.29 is 9.90 Å². The van der Waals surface area contributed by atoms with Crippen LogP contribution in [0.2, 0.25) is 5.02 Å². The molecule has 0 radical (unpaired) electrons. The lowest BCUT2D eigenvalue weighted by Gasteiger charge is -2.20. The van der Waals surface area contributed by atoms with Gasteiger partial charge in [-0.2, -0.15) is 0 Å². The minimum absolute atomic E-state index is 0.0691. The van der Waals surface area contributed by atoms with Crippen molar-refractivity contribution in [3.05, 3.63) is 28.8 Å². The highest BCUT2D eigenvalue weighted by atomic mass is 35.5. The Balaban J connectivity index is 2.28. The molecule has 0 aromatic heterocycles. The topological polar surface area (TPSA) is 40.5 Å². The molecule has 2 rings (SSSR count). The molecule has 0 spiro atoms. The van der Waals surface area contributed by atoms with Crippen molar-refractivity contribution in [1.29, 1.82) is 0 Å². The molecule has 1 aromatic rings. The second-order valence-electron chi connectivity index (χ2n) is 3.99. The van der Waals surface area contributed by atoms with Gasteiger partial charge in [0.15, 0.2) is 0 Å². The number of benzene rings is 1. The van der Waals surface area contributed by atoms with E-state index in [0.29, 0.717) is 23.2 Å². The summed E-state index contributed by atoms with van der Waals surface area (Å²) in [5.74, 6) is -0.0227. The third-order valence-electron chi connectivity index (χ3n) is 2.77. The van der Waals surface area contributed by atoms with Crippen LogP contribution in [0.25, 0.3) is 0 Å². The highest BCUT2D eigenvalue weighted by Crippen LogP contribution is 2.30. The fraction of sp³-hybridized carbons (Fsp3) is 0.417. The highest BCUT2D eigenvalue weighted by molar-refractivity contribution is 6.33. The number of carbonyl (C=O) groups is 1. The van der Waals surface area contributed by atoms with Gasteiger partial charge < -0.3 is 10.0 Å². The molecule has 0 unspecified atom stereocenters. The zero-order valence-corrected chi connectivity index (χ0v) is 9.87. The van der Waals surface area contributed by atoms with E-state index in [1.54, 1.807) is 11.0 Å². The van der Waals surface area contributed by atoms with Crippen LogP contribution in [0.15, 0.2) is 18.2 Å². The van der Waals surface area contributed by atoms with E-state index < -0.39 is 0 Å². The summed E-state index contributed by atoms with van der Waals surface area (Å²) in [4.78, 5) is 14.0. The van der Waals surface area contributed by atoms with E-state index in [0.717, 1.165) is 12.8 Å². The Kier molecular flexibility index (Phi) is 3.06. The van der Waals surface area contributed by atoms with Gasteiger partial charge in [-0.1, -0.05) is 11.6 Å². The molecule has 0 saturated heterocycles. The minimum atomic E-state index is -0.0918. The number of amides is 1. The molecule has 86 valence electrons. The molecular weight excluding hydrogens is 226 g/mol. The van der Waals surface area contributed by atoms with Crippen molar-refractivity contribution in [3.8, 4) is 5.75 Å². The summed E-state index contributed by atoms with van der Waals surface area (Å²) in [6, 6.07) is 4.81. The maximum Gasteiger partial charge on any atom is 0.255 e. The average Bonchev–Trinajstić information content (AvgIpc) is 3.07. The number of hydrogen-bond donors (Lipinski definition) is 1. The molecule has 1 saturated carbocycles. The normalized spacial score (nSPS) is 14.9. The molecule has 1 amide bonds. The number of hydrogen-bond acceptors (Lipinski definition) is 2. The van der Waals surface area contributed by atoms with Gasteiger partial charge in [0.25, 0.3) is 5.91 Å². The van der Waals surface area contributed by atoms with E-state index >= 15 is 0 Å². The maximum atomic E-state index is 12.2. The van der Waals surface area contributed by atoms with E-state index in [1.807, 2.05) is 6.92 Å². The van der Waals surface area contributed by atoms with Crippen LogP contribution in [-0.4, -0.2) is 28.5 Å². The lowest BCUT2D eigenvalue weighted by molar-refractivity contribution is 0.0752. The monoisotopic (exact) mass is 239 g/mol. The van der Waals surface area contributed by atoms with E-state index in [2.05, 4.69) is 0 Å². The van der Waals surface area contributed by atoms with Gasteiger partial charge in [0.05, 0.1) is 10.6 Å². The molecule has 1 aliphatic rings. The van der Waals surface area contributed by atoms with Gasteiger partial charge in [-0.3, -0.25) is 4.79 Å². The first kappa shape index (κ1) is 11.3. The predicted octanol–water partition coefficient (Wildman–Crippen LogP) is 2.67. The summed E-state index contributed by atoms with van der Waals surface area (Å²) in [6.07, 6.45) is 2.13. The molecule has 4 heteroatoms. The van der Waals surface area contributed by atoms with Crippen molar-refractivity contribution in [3.63, 3.8) is 0 Å². The first-order chi connectivity index (χ1) is 7.63. The van der Waals surface area contributed by atoms with E-state index in [9.17, 15) is 9.90 Å². The number of aromatic hydroxyl groups is 1. The largest absolute Gasteiger partial charge is 0.508 e. The lowest BCUT2D eigenvalue weighted by Crippen LogP contribution is -2.32. The number of halogens is 1. The zero-order chi connectivity index (χ0) is 11.7. The smallest absolute Gasteiger partial charge is 0.255 e. The van der Waals surface area contributed by atoms with Crippen molar-refractivity contribution in [2.24, 2.45) is 0 Å². The van der Waals surface area contributed by atoms with Gasteiger partial charge in [-0.05, 0) is 38.0 Å². The van der Waals surface area contributed by atoms with Crippen molar-refractivity contribution >= 4 is 17.5 Å². The quantitative estimate of drug-likeness (QED) is 0.881. The SMILES string of the molecule is CCN(C(=O)c1cc(O)ccc1Cl)C1CC1. The third kappa shape index (κ3) is 2.14. The van der Waals surface area contributed by atoms with Gasteiger partial charge >= 0.3 is 0 Å². The Morgan fingerprint density at radius 3 is 2.81 bits per heavy atom. The number of phenolic OH excluding ortho intramolecular Hbond substituents is 1. The Morgan fingerprint density at radius 2 is 2.25 bits per heavy atom. The summed E-state index contributed by atoms with van der Waals surface area (Å²) < 4.78 is 0. The first-order valence-electron chi connectivity index (χ1n) is 5.43. The molecule has 1 fully saturated rings. The third-order valence-corrected chi connectivity index (χ3v) is 3.10. The van der Waals surface area contributed by atoms with Crippen molar-refractivity contribution in [2.45, 2.75) is 25.8 Å². The van der Waals surface area contributed by atoms with Crippen LogP contribution in [0.1, 0.15) is 30.1 Å².